The monoisotopic (exact) mass is 444 g/mol. The van der Waals surface area contributed by atoms with Gasteiger partial charge in [0.25, 0.3) is 0 Å². The quantitative estimate of drug-likeness (QED) is 0.199. The van der Waals surface area contributed by atoms with Gasteiger partial charge in [-0.3, -0.25) is 14.4 Å². The molecule has 0 rings (SSSR count). The van der Waals surface area contributed by atoms with Crippen LogP contribution >= 0.6 is 0 Å². The molecule has 0 aliphatic heterocycles. The molecule has 9 nitrogen and oxygen atoms in total. The van der Waals surface area contributed by atoms with Crippen LogP contribution in [0.1, 0.15) is 89.9 Å². The van der Waals surface area contributed by atoms with E-state index in [1.165, 1.54) is 7.11 Å². The van der Waals surface area contributed by atoms with E-state index >= 15 is 0 Å². The molecule has 0 saturated heterocycles. The Kier molecular flexibility index (Phi) is 18.4. The standard InChI is InChI=1S/C22H40N2O7/c1-31-17-16-23-19(25)15-14-18(22(29)30)24-20(26)12-10-8-6-4-2-3-5-7-9-11-13-21(27)28/h18H,2-17H2,1H3,(H,23,25)(H,24,26)(H,27,28)(H,29,30)/t18-/m0/s1. The van der Waals surface area contributed by atoms with E-state index in [1.54, 1.807) is 0 Å². The van der Waals surface area contributed by atoms with Crippen molar-refractivity contribution < 1.29 is 34.1 Å². The van der Waals surface area contributed by atoms with Crippen molar-refractivity contribution in [1.29, 1.82) is 0 Å². The molecule has 0 aromatic carbocycles. The molecular formula is C22H40N2O7. The van der Waals surface area contributed by atoms with Crippen LogP contribution in [-0.4, -0.2) is 60.3 Å². The molecule has 0 aliphatic rings. The van der Waals surface area contributed by atoms with Crippen LogP contribution < -0.4 is 10.6 Å². The number of carboxylic acids is 2. The lowest BCUT2D eigenvalue weighted by Gasteiger charge is -2.14. The van der Waals surface area contributed by atoms with Gasteiger partial charge in [-0.25, -0.2) is 4.79 Å². The maximum atomic E-state index is 12.0. The van der Waals surface area contributed by atoms with Gasteiger partial charge in [0, 0.05) is 32.9 Å². The summed E-state index contributed by atoms with van der Waals surface area (Å²) in [5, 5.41) is 22.9. The summed E-state index contributed by atoms with van der Waals surface area (Å²) in [6, 6.07) is -1.06. The van der Waals surface area contributed by atoms with Gasteiger partial charge in [-0.2, -0.15) is 0 Å². The Morgan fingerprint density at radius 3 is 1.74 bits per heavy atom. The highest BCUT2D eigenvalue weighted by molar-refractivity contribution is 5.84. The van der Waals surface area contributed by atoms with Gasteiger partial charge in [0.05, 0.1) is 6.61 Å². The molecule has 0 saturated carbocycles. The lowest BCUT2D eigenvalue weighted by molar-refractivity contribution is -0.142. The first-order chi connectivity index (χ1) is 14.9. The molecule has 9 heteroatoms. The molecule has 0 spiro atoms. The van der Waals surface area contributed by atoms with Gasteiger partial charge in [0.1, 0.15) is 6.04 Å². The molecule has 0 aromatic rings. The van der Waals surface area contributed by atoms with Crippen LogP contribution in [0.15, 0.2) is 0 Å². The second-order valence-electron chi connectivity index (χ2n) is 7.77. The molecule has 4 N–H and O–H groups in total. The third kappa shape index (κ3) is 19.5. The number of carbonyl (C=O) groups excluding carboxylic acids is 2. The fourth-order valence-electron chi connectivity index (χ4n) is 3.16. The maximum absolute atomic E-state index is 12.0. The van der Waals surface area contributed by atoms with Crippen molar-refractivity contribution in [3.05, 3.63) is 0 Å². The van der Waals surface area contributed by atoms with Crippen LogP contribution in [0.25, 0.3) is 0 Å². The van der Waals surface area contributed by atoms with E-state index in [2.05, 4.69) is 10.6 Å². The molecule has 0 aromatic heterocycles. The van der Waals surface area contributed by atoms with Gasteiger partial charge >= 0.3 is 11.9 Å². The summed E-state index contributed by atoms with van der Waals surface area (Å²) in [7, 11) is 1.53. The number of amides is 2. The first-order valence-electron chi connectivity index (χ1n) is 11.4. The molecular weight excluding hydrogens is 404 g/mol. The number of carbonyl (C=O) groups is 4. The van der Waals surface area contributed by atoms with Gasteiger partial charge < -0.3 is 25.6 Å². The van der Waals surface area contributed by atoms with Crippen molar-refractivity contribution in [2.24, 2.45) is 0 Å². The van der Waals surface area contributed by atoms with Crippen molar-refractivity contribution in [2.75, 3.05) is 20.3 Å². The normalized spacial score (nSPS) is 11.6. The molecule has 0 unspecified atom stereocenters. The highest BCUT2D eigenvalue weighted by Crippen LogP contribution is 2.12. The zero-order chi connectivity index (χ0) is 23.3. The Morgan fingerprint density at radius 1 is 0.742 bits per heavy atom. The number of unbranched alkanes of at least 4 members (excludes halogenated alkanes) is 9. The molecule has 0 fully saturated rings. The van der Waals surface area contributed by atoms with Crippen molar-refractivity contribution in [3.63, 3.8) is 0 Å². The van der Waals surface area contributed by atoms with E-state index in [4.69, 9.17) is 9.84 Å². The molecule has 31 heavy (non-hydrogen) atoms. The van der Waals surface area contributed by atoms with Crippen molar-refractivity contribution >= 4 is 23.8 Å². The minimum Gasteiger partial charge on any atom is -0.481 e. The van der Waals surface area contributed by atoms with Crippen molar-refractivity contribution in [2.45, 2.75) is 95.9 Å². The molecule has 0 aliphatic carbocycles. The predicted octanol–water partition coefficient (Wildman–Crippen LogP) is 2.86. The lowest BCUT2D eigenvalue weighted by atomic mass is 10.0. The smallest absolute Gasteiger partial charge is 0.326 e. The summed E-state index contributed by atoms with van der Waals surface area (Å²) < 4.78 is 4.82. The number of rotatable bonds is 21. The van der Waals surface area contributed by atoms with E-state index in [0.29, 0.717) is 19.6 Å². The minimum atomic E-state index is -1.14. The summed E-state index contributed by atoms with van der Waals surface area (Å²) in [5.41, 5.74) is 0. The molecule has 1 atom stereocenters. The second-order valence-corrected chi connectivity index (χ2v) is 7.77. The van der Waals surface area contributed by atoms with Gasteiger partial charge in [-0.15, -0.1) is 0 Å². The molecule has 2 amide bonds. The number of hydrogen-bond donors (Lipinski definition) is 4. The van der Waals surface area contributed by atoms with E-state index in [9.17, 15) is 24.3 Å². The van der Waals surface area contributed by atoms with Gasteiger partial charge in [0.15, 0.2) is 0 Å². The fraction of sp³-hybridized carbons (Fsp3) is 0.818. The van der Waals surface area contributed by atoms with Crippen LogP contribution in [0.3, 0.4) is 0 Å². The summed E-state index contributed by atoms with van der Waals surface area (Å²) >= 11 is 0. The van der Waals surface area contributed by atoms with Crippen molar-refractivity contribution in [3.8, 4) is 0 Å². The highest BCUT2D eigenvalue weighted by atomic mass is 16.5. The third-order valence-electron chi connectivity index (χ3n) is 4.97. The Hall–Kier alpha value is -2.16. The Bertz CT molecular complexity index is 526. The molecule has 0 bridgehead atoms. The van der Waals surface area contributed by atoms with Gasteiger partial charge in [-0.1, -0.05) is 51.4 Å². The molecule has 0 heterocycles. The number of methoxy groups -OCH3 is 1. The predicted molar refractivity (Wildman–Crippen MR) is 117 cm³/mol. The van der Waals surface area contributed by atoms with Crippen LogP contribution in [-0.2, 0) is 23.9 Å². The largest absolute Gasteiger partial charge is 0.481 e. The summed E-state index contributed by atoms with van der Waals surface area (Å²) in [6.45, 7) is 0.756. The van der Waals surface area contributed by atoms with Gasteiger partial charge in [0.2, 0.25) is 11.8 Å². The Morgan fingerprint density at radius 2 is 1.26 bits per heavy atom. The SMILES string of the molecule is COCCNC(=O)CC[C@H](NC(=O)CCCCCCCCCCCCC(=O)O)C(=O)O. The number of hydrogen-bond acceptors (Lipinski definition) is 5. The summed E-state index contributed by atoms with van der Waals surface area (Å²) in [5.74, 6) is -2.43. The first kappa shape index (κ1) is 28.8. The second kappa shape index (κ2) is 19.8. The van der Waals surface area contributed by atoms with Crippen molar-refractivity contribution in [1.82, 2.24) is 10.6 Å². The zero-order valence-electron chi connectivity index (χ0n) is 18.8. The fourth-order valence-corrected chi connectivity index (χ4v) is 3.16. The Labute approximate surface area is 185 Å². The first-order valence-corrected chi connectivity index (χ1v) is 11.4. The zero-order valence-corrected chi connectivity index (χ0v) is 18.8. The maximum Gasteiger partial charge on any atom is 0.326 e. The van der Waals surface area contributed by atoms with E-state index in [1.807, 2.05) is 0 Å². The van der Waals surface area contributed by atoms with Crippen LogP contribution in [0.4, 0.5) is 0 Å². The highest BCUT2D eigenvalue weighted by Gasteiger charge is 2.20. The Balaban J connectivity index is 3.71. The average molecular weight is 445 g/mol. The number of aliphatic carboxylic acids is 2. The topological polar surface area (TPSA) is 142 Å². The van der Waals surface area contributed by atoms with E-state index in [-0.39, 0.29) is 37.5 Å². The van der Waals surface area contributed by atoms with E-state index < -0.39 is 18.0 Å². The van der Waals surface area contributed by atoms with Gasteiger partial charge in [-0.05, 0) is 19.3 Å². The van der Waals surface area contributed by atoms with E-state index in [0.717, 1.165) is 57.8 Å². The summed E-state index contributed by atoms with van der Waals surface area (Å²) in [4.78, 5) is 45.3. The summed E-state index contributed by atoms with van der Waals surface area (Å²) in [6.07, 6.45) is 10.6. The third-order valence-corrected chi connectivity index (χ3v) is 4.97. The van der Waals surface area contributed by atoms with Crippen LogP contribution in [0.5, 0.6) is 0 Å². The van der Waals surface area contributed by atoms with Crippen LogP contribution in [0.2, 0.25) is 0 Å². The van der Waals surface area contributed by atoms with Crippen LogP contribution in [0, 0.1) is 0 Å². The number of ether oxygens (including phenoxy) is 1. The average Bonchev–Trinajstić information content (AvgIpc) is 2.71. The molecule has 0 radical (unpaired) electrons. The lowest BCUT2D eigenvalue weighted by Crippen LogP contribution is -2.41. The molecule has 180 valence electrons. The number of nitrogens with one attached hydrogen (secondary N) is 2. The number of carboxylic acid groups (broad SMARTS) is 2. The minimum absolute atomic E-state index is 0.0283.